The number of halogens is 4. The molecule has 0 bridgehead atoms. The Morgan fingerprint density at radius 3 is 2.43 bits per heavy atom. The van der Waals surface area contributed by atoms with E-state index >= 15 is 0 Å². The van der Waals surface area contributed by atoms with Gasteiger partial charge in [0.2, 0.25) is 11.9 Å². The molecule has 234 valence electrons. The number of aromatic nitrogens is 3. The third kappa shape index (κ3) is 6.89. The number of nitrogen functional groups attached to an aromatic ring is 1. The fraction of sp³-hybridized carbons (Fsp3) is 0.414. The van der Waals surface area contributed by atoms with Crippen LogP contribution in [0.2, 0.25) is 0 Å². The van der Waals surface area contributed by atoms with E-state index in [9.17, 15) is 27.2 Å². The first kappa shape index (κ1) is 31.1. The number of nitrogens with two attached hydrogens (primary N) is 1. The van der Waals surface area contributed by atoms with Crippen LogP contribution >= 0.6 is 0 Å². The van der Waals surface area contributed by atoms with Crippen molar-refractivity contribution in [3.8, 4) is 0 Å². The smallest absolute Gasteiger partial charge is 0.384 e. The SMILES string of the molecule is N=C(N)c1ccc(CNc2nc(C3CCCN(CC(=O)N4CCOCC4)C3C(F)(F)F)nn2C(=O)c2ccccc2F)cc1. The van der Waals surface area contributed by atoms with Gasteiger partial charge in [0.05, 0.1) is 25.3 Å². The molecular weight excluding hydrogens is 584 g/mol. The number of ether oxygens (including phenoxy) is 1. The Balaban J connectivity index is 1.46. The monoisotopic (exact) mass is 616 g/mol. The molecule has 2 aliphatic rings. The van der Waals surface area contributed by atoms with Gasteiger partial charge < -0.3 is 20.7 Å². The molecule has 2 saturated heterocycles. The van der Waals surface area contributed by atoms with Crippen LogP contribution in [0.15, 0.2) is 48.5 Å². The number of alkyl halides is 3. The van der Waals surface area contributed by atoms with Gasteiger partial charge in [-0.15, -0.1) is 5.10 Å². The average Bonchev–Trinajstić information content (AvgIpc) is 3.44. The molecule has 0 spiro atoms. The lowest BCUT2D eigenvalue weighted by Gasteiger charge is -2.41. The fourth-order valence-electron chi connectivity index (χ4n) is 5.51. The molecule has 0 radical (unpaired) electrons. The summed E-state index contributed by atoms with van der Waals surface area (Å²) in [6, 6.07) is 9.77. The summed E-state index contributed by atoms with van der Waals surface area (Å²) in [4.78, 5) is 33.3. The predicted octanol–water partition coefficient (Wildman–Crippen LogP) is 2.97. The van der Waals surface area contributed by atoms with E-state index in [1.165, 1.54) is 23.1 Å². The Labute approximate surface area is 250 Å². The Bertz CT molecular complexity index is 1500. The molecule has 2 aliphatic heterocycles. The highest BCUT2D eigenvalue weighted by Crippen LogP contribution is 2.40. The van der Waals surface area contributed by atoms with E-state index in [0.717, 1.165) is 15.6 Å². The summed E-state index contributed by atoms with van der Waals surface area (Å²) in [6.07, 6.45) is -4.32. The van der Waals surface area contributed by atoms with Gasteiger partial charge in [0, 0.05) is 31.1 Å². The molecule has 3 heterocycles. The summed E-state index contributed by atoms with van der Waals surface area (Å²) in [6.45, 7) is 0.974. The van der Waals surface area contributed by atoms with Crippen LogP contribution in [-0.4, -0.2) is 93.8 Å². The van der Waals surface area contributed by atoms with Crippen LogP contribution in [0.3, 0.4) is 0 Å². The molecule has 2 unspecified atom stereocenters. The first-order chi connectivity index (χ1) is 21.0. The lowest BCUT2D eigenvalue weighted by atomic mass is 9.87. The van der Waals surface area contributed by atoms with E-state index in [1.54, 1.807) is 24.3 Å². The topological polar surface area (TPSA) is 142 Å². The van der Waals surface area contributed by atoms with Gasteiger partial charge in [-0.05, 0) is 37.1 Å². The minimum absolute atomic E-state index is 0.0486. The highest BCUT2D eigenvalue weighted by atomic mass is 19.4. The number of nitrogens with zero attached hydrogens (tertiary/aromatic N) is 5. The van der Waals surface area contributed by atoms with Gasteiger partial charge in [-0.2, -0.15) is 22.8 Å². The van der Waals surface area contributed by atoms with Crippen molar-refractivity contribution >= 4 is 23.6 Å². The van der Waals surface area contributed by atoms with E-state index in [4.69, 9.17) is 15.9 Å². The molecule has 1 amide bonds. The number of hydrogen-bond acceptors (Lipinski definition) is 8. The van der Waals surface area contributed by atoms with E-state index in [-0.39, 0.29) is 42.7 Å². The van der Waals surface area contributed by atoms with Crippen LogP contribution in [0.25, 0.3) is 0 Å². The second-order valence-corrected chi connectivity index (χ2v) is 10.7. The number of carbonyl (C=O) groups excluding carboxylic acids is 2. The lowest BCUT2D eigenvalue weighted by molar-refractivity contribution is -0.198. The molecule has 2 fully saturated rings. The molecule has 4 N–H and O–H groups in total. The number of carbonyl (C=O) groups is 2. The maximum atomic E-state index is 14.7. The number of nitrogens with one attached hydrogen (secondary N) is 2. The summed E-state index contributed by atoms with van der Waals surface area (Å²) in [5, 5.41) is 14.7. The van der Waals surface area contributed by atoms with Gasteiger partial charge in [-0.1, -0.05) is 36.4 Å². The maximum Gasteiger partial charge on any atom is 0.404 e. The standard InChI is InChI=1S/C29H32F4N8O3/c30-22-6-2-1-4-20(22)27(43)41-28(36-16-18-7-9-19(10-8-18)25(34)35)37-26(38-41)21-5-3-11-40(24(21)29(31,32)33)17-23(42)39-12-14-44-15-13-39/h1-2,4,6-10,21,24H,3,5,11-17H2,(H3,34,35)(H,36,37,38). The molecule has 0 aliphatic carbocycles. The summed E-state index contributed by atoms with van der Waals surface area (Å²) in [5.74, 6) is -3.95. The van der Waals surface area contributed by atoms with Gasteiger partial charge in [0.15, 0.2) is 5.82 Å². The van der Waals surface area contributed by atoms with Gasteiger partial charge in [-0.25, -0.2) is 4.39 Å². The minimum Gasteiger partial charge on any atom is -0.384 e. The van der Waals surface area contributed by atoms with Crippen molar-refractivity contribution in [2.24, 2.45) is 5.73 Å². The average molecular weight is 617 g/mol. The largest absolute Gasteiger partial charge is 0.404 e. The van der Waals surface area contributed by atoms with Crippen LogP contribution in [0, 0.1) is 11.2 Å². The first-order valence-corrected chi connectivity index (χ1v) is 14.1. The Kier molecular flexibility index (Phi) is 9.25. The number of likely N-dealkylation sites (tertiary alicyclic amines) is 1. The molecule has 15 heteroatoms. The molecular formula is C29H32F4N8O3. The highest BCUT2D eigenvalue weighted by Gasteiger charge is 2.52. The van der Waals surface area contributed by atoms with E-state index in [1.807, 2.05) is 0 Å². The molecule has 3 aromatic rings. The second kappa shape index (κ2) is 13.1. The van der Waals surface area contributed by atoms with E-state index in [0.29, 0.717) is 43.9 Å². The second-order valence-electron chi connectivity index (χ2n) is 10.7. The van der Waals surface area contributed by atoms with Gasteiger partial charge in [0.1, 0.15) is 17.7 Å². The number of morpholine rings is 1. The Morgan fingerprint density at radius 2 is 1.77 bits per heavy atom. The molecule has 0 saturated carbocycles. The summed E-state index contributed by atoms with van der Waals surface area (Å²) < 4.78 is 64.6. The van der Waals surface area contributed by atoms with Crippen LogP contribution < -0.4 is 11.1 Å². The summed E-state index contributed by atoms with van der Waals surface area (Å²) in [7, 11) is 0. The highest BCUT2D eigenvalue weighted by molar-refractivity contribution is 5.97. The van der Waals surface area contributed by atoms with Crippen molar-refractivity contribution < 1.29 is 31.9 Å². The molecule has 5 rings (SSSR count). The van der Waals surface area contributed by atoms with Crippen LogP contribution in [0.4, 0.5) is 23.5 Å². The van der Waals surface area contributed by atoms with Crippen LogP contribution in [-0.2, 0) is 16.1 Å². The van der Waals surface area contributed by atoms with Crippen molar-refractivity contribution in [1.29, 1.82) is 5.41 Å². The lowest BCUT2D eigenvalue weighted by Crippen LogP contribution is -2.56. The third-order valence-corrected chi connectivity index (χ3v) is 7.74. The maximum absolute atomic E-state index is 14.7. The minimum atomic E-state index is -4.73. The normalized spacial score (nSPS) is 19.5. The van der Waals surface area contributed by atoms with Crippen molar-refractivity contribution in [1.82, 2.24) is 24.6 Å². The van der Waals surface area contributed by atoms with Crippen molar-refractivity contribution in [2.45, 2.75) is 37.5 Å². The molecule has 2 aromatic carbocycles. The zero-order valence-electron chi connectivity index (χ0n) is 23.7. The van der Waals surface area contributed by atoms with Crippen LogP contribution in [0.1, 0.15) is 46.1 Å². The van der Waals surface area contributed by atoms with Crippen molar-refractivity contribution in [3.63, 3.8) is 0 Å². The van der Waals surface area contributed by atoms with Crippen molar-refractivity contribution in [3.05, 3.63) is 76.9 Å². The van der Waals surface area contributed by atoms with E-state index in [2.05, 4.69) is 15.4 Å². The van der Waals surface area contributed by atoms with Gasteiger partial charge >= 0.3 is 6.18 Å². The summed E-state index contributed by atoms with van der Waals surface area (Å²) in [5.41, 5.74) is 6.38. The number of benzene rings is 2. The number of amides is 1. The Hall–Kier alpha value is -4.37. The zero-order valence-corrected chi connectivity index (χ0v) is 23.7. The quantitative estimate of drug-likeness (QED) is 0.199. The molecule has 2 atom stereocenters. The van der Waals surface area contributed by atoms with Crippen LogP contribution in [0.5, 0.6) is 0 Å². The third-order valence-electron chi connectivity index (χ3n) is 7.74. The molecule has 44 heavy (non-hydrogen) atoms. The molecule has 1 aromatic heterocycles. The zero-order chi connectivity index (χ0) is 31.4. The Morgan fingerprint density at radius 1 is 1.07 bits per heavy atom. The molecule has 11 nitrogen and oxygen atoms in total. The van der Waals surface area contributed by atoms with Gasteiger partial charge in [-0.3, -0.25) is 19.9 Å². The first-order valence-electron chi connectivity index (χ1n) is 14.1. The van der Waals surface area contributed by atoms with Crippen molar-refractivity contribution in [2.75, 3.05) is 44.7 Å². The number of amidine groups is 1. The fourth-order valence-corrected chi connectivity index (χ4v) is 5.51. The number of anilines is 1. The number of rotatable bonds is 8. The van der Waals surface area contributed by atoms with Gasteiger partial charge in [0.25, 0.3) is 5.91 Å². The summed E-state index contributed by atoms with van der Waals surface area (Å²) >= 11 is 0. The number of piperidine rings is 1. The predicted molar refractivity (Wildman–Crippen MR) is 152 cm³/mol. The number of hydrogen-bond donors (Lipinski definition) is 3. The van der Waals surface area contributed by atoms with E-state index < -0.39 is 42.3 Å².